The summed E-state index contributed by atoms with van der Waals surface area (Å²) in [5, 5.41) is 12.9. The number of carbonyl (C=O) groups is 1. The number of amides is 1. The lowest BCUT2D eigenvalue weighted by Crippen LogP contribution is -2.32. The van der Waals surface area contributed by atoms with Crippen LogP contribution in [0.3, 0.4) is 0 Å². The average molecular weight is 355 g/mol. The summed E-state index contributed by atoms with van der Waals surface area (Å²) in [6.45, 7) is 1.71. The van der Waals surface area contributed by atoms with E-state index >= 15 is 0 Å². The predicted molar refractivity (Wildman–Crippen MR) is 92.4 cm³/mol. The Labute approximate surface area is 148 Å². The molecule has 0 saturated carbocycles. The first-order valence-electron chi connectivity index (χ1n) is 8.06. The number of nitrogens with zero attached hydrogens (tertiary/aromatic N) is 4. The van der Waals surface area contributed by atoms with Crippen LogP contribution in [0.1, 0.15) is 33.4 Å². The number of rotatable bonds is 5. The van der Waals surface area contributed by atoms with Crippen molar-refractivity contribution in [1.82, 2.24) is 24.7 Å². The van der Waals surface area contributed by atoms with Gasteiger partial charge in [-0.2, -0.15) is 5.10 Å². The van der Waals surface area contributed by atoms with Crippen molar-refractivity contribution in [2.24, 2.45) is 0 Å². The number of nitrogens with one attached hydrogen (secondary N) is 1. The van der Waals surface area contributed by atoms with E-state index in [9.17, 15) is 4.79 Å². The zero-order valence-corrected chi connectivity index (χ0v) is 14.3. The highest BCUT2D eigenvalue weighted by Gasteiger charge is 2.25. The van der Waals surface area contributed by atoms with Crippen LogP contribution in [-0.2, 0) is 17.7 Å². The molecule has 128 valence electrons. The van der Waals surface area contributed by atoms with Gasteiger partial charge in [-0.05, 0) is 29.1 Å². The Morgan fingerprint density at radius 2 is 2.24 bits per heavy atom. The topological polar surface area (TPSA) is 81.9 Å². The van der Waals surface area contributed by atoms with Gasteiger partial charge in [0, 0.05) is 18.1 Å². The first-order valence-corrected chi connectivity index (χ1v) is 8.90. The Kier molecular flexibility index (Phi) is 4.53. The van der Waals surface area contributed by atoms with E-state index in [4.69, 9.17) is 4.74 Å². The second-order valence-corrected chi connectivity index (χ2v) is 6.44. The Balaban J connectivity index is 1.45. The quantitative estimate of drug-likeness (QED) is 0.755. The summed E-state index contributed by atoms with van der Waals surface area (Å²) in [6, 6.07) is 10.2. The molecule has 1 aliphatic heterocycles. The van der Waals surface area contributed by atoms with Crippen molar-refractivity contribution >= 4 is 17.4 Å². The fourth-order valence-corrected chi connectivity index (χ4v) is 3.31. The van der Waals surface area contributed by atoms with E-state index in [0.29, 0.717) is 18.8 Å². The van der Waals surface area contributed by atoms with Gasteiger partial charge in [-0.1, -0.05) is 34.8 Å². The van der Waals surface area contributed by atoms with Crippen molar-refractivity contribution in [2.75, 3.05) is 13.2 Å². The maximum atomic E-state index is 12.0. The molecule has 0 unspecified atom stereocenters. The summed E-state index contributed by atoms with van der Waals surface area (Å²) < 4.78 is 11.5. The van der Waals surface area contributed by atoms with E-state index in [1.807, 2.05) is 22.9 Å². The lowest BCUT2D eigenvalue weighted by Gasteiger charge is -2.22. The average Bonchev–Trinajstić information content (AvgIpc) is 3.30. The second-order valence-electron chi connectivity index (χ2n) is 5.83. The van der Waals surface area contributed by atoms with E-state index in [-0.39, 0.29) is 12.0 Å². The minimum absolute atomic E-state index is 0.240. The smallest absolute Gasteiger partial charge is 0.272 e. The third-order valence-electron chi connectivity index (χ3n) is 4.09. The van der Waals surface area contributed by atoms with E-state index < -0.39 is 0 Å². The molecule has 8 heteroatoms. The van der Waals surface area contributed by atoms with Crippen LogP contribution in [0.4, 0.5) is 0 Å². The normalized spacial score (nSPS) is 16.4. The number of carbonyl (C=O) groups excluding carboxylic acids is 1. The molecule has 25 heavy (non-hydrogen) atoms. The molecule has 1 aromatic carbocycles. The predicted octanol–water partition coefficient (Wildman–Crippen LogP) is 1.83. The number of ether oxygens (including phenoxy) is 1. The third-order valence-corrected chi connectivity index (χ3v) is 4.60. The Bertz CT molecular complexity index is 847. The molecule has 4 rings (SSSR count). The minimum Gasteiger partial charge on any atom is -0.370 e. The van der Waals surface area contributed by atoms with Gasteiger partial charge in [0.15, 0.2) is 5.69 Å². The van der Waals surface area contributed by atoms with Gasteiger partial charge in [0.25, 0.3) is 5.91 Å². The molecule has 0 bridgehead atoms. The molecule has 0 aliphatic carbocycles. The summed E-state index contributed by atoms with van der Waals surface area (Å²) in [7, 11) is 0. The molecule has 0 fully saturated rings. The molecule has 1 amide bonds. The lowest BCUT2D eigenvalue weighted by atomic mass is 10.1. The maximum absolute atomic E-state index is 12.0. The second kappa shape index (κ2) is 7.12. The molecule has 1 atom stereocenters. The number of aromatic nitrogens is 4. The van der Waals surface area contributed by atoms with Crippen LogP contribution in [0.15, 0.2) is 41.9 Å². The summed E-state index contributed by atoms with van der Waals surface area (Å²) >= 11 is 1.15. The van der Waals surface area contributed by atoms with Crippen LogP contribution in [0.2, 0.25) is 0 Å². The minimum atomic E-state index is -0.242. The van der Waals surface area contributed by atoms with Crippen LogP contribution in [0.25, 0.3) is 0 Å². The Hall–Kier alpha value is -2.58. The third kappa shape index (κ3) is 3.59. The molecule has 0 radical (unpaired) electrons. The fraction of sp³-hybridized carbons (Fsp3) is 0.294. The SMILES string of the molecule is O=C(NC[C@H]1OCCc2cn(Cc3ccccc3)nc21)c1csnn1. The van der Waals surface area contributed by atoms with Crippen LogP contribution in [0, 0.1) is 0 Å². The molecule has 7 nitrogen and oxygen atoms in total. The monoisotopic (exact) mass is 355 g/mol. The maximum Gasteiger partial charge on any atom is 0.272 e. The molecule has 3 aromatic rings. The Morgan fingerprint density at radius 3 is 3.04 bits per heavy atom. The van der Waals surface area contributed by atoms with Gasteiger partial charge in [0.1, 0.15) is 6.10 Å². The summed E-state index contributed by atoms with van der Waals surface area (Å²) in [6.07, 6.45) is 2.67. The van der Waals surface area contributed by atoms with E-state index in [2.05, 4.69) is 38.3 Å². The fourth-order valence-electron chi connectivity index (χ4n) is 2.88. The van der Waals surface area contributed by atoms with Crippen LogP contribution in [-0.4, -0.2) is 38.4 Å². The van der Waals surface area contributed by atoms with Gasteiger partial charge in [0.05, 0.1) is 18.8 Å². The highest BCUT2D eigenvalue weighted by Crippen LogP contribution is 2.25. The van der Waals surface area contributed by atoms with Crippen molar-refractivity contribution in [1.29, 1.82) is 0 Å². The van der Waals surface area contributed by atoms with Crippen LogP contribution >= 0.6 is 11.5 Å². The van der Waals surface area contributed by atoms with E-state index in [1.54, 1.807) is 5.38 Å². The molecule has 3 heterocycles. The summed E-state index contributed by atoms with van der Waals surface area (Å²) in [5.74, 6) is -0.242. The van der Waals surface area contributed by atoms with Crippen molar-refractivity contribution in [3.05, 3.63) is 64.4 Å². The van der Waals surface area contributed by atoms with Gasteiger partial charge in [-0.25, -0.2) is 0 Å². The van der Waals surface area contributed by atoms with Crippen molar-refractivity contribution in [3.8, 4) is 0 Å². The standard InChI is InChI=1S/C17H17N5O2S/c23-17(14-11-25-21-19-14)18-8-15-16-13(6-7-24-15)10-22(20-16)9-12-4-2-1-3-5-12/h1-5,10-11,15H,6-9H2,(H,18,23)/t15-/m1/s1. The van der Waals surface area contributed by atoms with Gasteiger partial charge in [0.2, 0.25) is 0 Å². The van der Waals surface area contributed by atoms with Gasteiger partial charge >= 0.3 is 0 Å². The van der Waals surface area contributed by atoms with Gasteiger partial charge in [-0.15, -0.1) is 5.10 Å². The summed E-state index contributed by atoms with van der Waals surface area (Å²) in [4.78, 5) is 12.0. The van der Waals surface area contributed by atoms with Crippen molar-refractivity contribution < 1.29 is 9.53 Å². The largest absolute Gasteiger partial charge is 0.370 e. The molecule has 0 saturated heterocycles. The number of hydrogen-bond donors (Lipinski definition) is 1. The first kappa shape index (κ1) is 15.9. The Morgan fingerprint density at radius 1 is 1.36 bits per heavy atom. The molecule has 2 aromatic heterocycles. The van der Waals surface area contributed by atoms with E-state index in [0.717, 1.165) is 30.2 Å². The number of hydrogen-bond acceptors (Lipinski definition) is 6. The number of benzene rings is 1. The molecule has 0 spiro atoms. The van der Waals surface area contributed by atoms with Crippen molar-refractivity contribution in [3.63, 3.8) is 0 Å². The van der Waals surface area contributed by atoms with Crippen molar-refractivity contribution in [2.45, 2.75) is 19.1 Å². The number of fused-ring (bicyclic) bond motifs is 1. The summed E-state index contributed by atoms with van der Waals surface area (Å²) in [5.41, 5.74) is 3.61. The zero-order chi connectivity index (χ0) is 17.1. The molecular weight excluding hydrogens is 338 g/mol. The molecular formula is C17H17N5O2S. The zero-order valence-electron chi connectivity index (χ0n) is 13.5. The van der Waals surface area contributed by atoms with E-state index in [1.165, 1.54) is 11.1 Å². The highest BCUT2D eigenvalue weighted by atomic mass is 32.1. The highest BCUT2D eigenvalue weighted by molar-refractivity contribution is 7.03. The molecule has 1 N–H and O–H groups in total. The van der Waals surface area contributed by atoms with Crippen LogP contribution < -0.4 is 5.32 Å². The first-order chi connectivity index (χ1) is 12.3. The van der Waals surface area contributed by atoms with Crippen LogP contribution in [0.5, 0.6) is 0 Å². The lowest BCUT2D eigenvalue weighted by molar-refractivity contribution is 0.0383. The van der Waals surface area contributed by atoms with Gasteiger partial charge < -0.3 is 10.1 Å². The molecule has 1 aliphatic rings. The van der Waals surface area contributed by atoms with Gasteiger partial charge in [-0.3, -0.25) is 9.48 Å².